The number of carboxylic acid groups (broad SMARTS) is 1. The minimum atomic E-state index is -3.26. The van der Waals surface area contributed by atoms with Crippen molar-refractivity contribution in [2.45, 2.75) is 17.7 Å². The number of hydrogen-bond acceptors (Lipinski definition) is 4. The van der Waals surface area contributed by atoms with Crippen LogP contribution in [0.5, 0.6) is 0 Å². The lowest BCUT2D eigenvalue weighted by atomic mass is 10.1. The van der Waals surface area contributed by atoms with E-state index in [0.29, 0.717) is 13.0 Å². The van der Waals surface area contributed by atoms with Crippen molar-refractivity contribution < 1.29 is 18.3 Å². The molecule has 0 aliphatic heterocycles. The molecule has 1 N–H and O–H groups in total. The largest absolute Gasteiger partial charge is 0.481 e. The minimum absolute atomic E-state index is 0.0483. The number of hydrogen-bond donors (Lipinski definition) is 1. The van der Waals surface area contributed by atoms with Gasteiger partial charge >= 0.3 is 5.97 Å². The summed E-state index contributed by atoms with van der Waals surface area (Å²) in [5.41, 5.74) is 0.828. The smallest absolute Gasteiger partial charge is 0.303 e. The Kier molecular flexibility index (Phi) is 5.50. The van der Waals surface area contributed by atoms with Crippen LogP contribution in [0, 0.1) is 0 Å². The Morgan fingerprint density at radius 3 is 2.26 bits per heavy atom. The molecule has 0 unspecified atom stereocenters. The topological polar surface area (TPSA) is 74.7 Å². The molecule has 1 aromatic rings. The molecule has 0 aliphatic rings. The Morgan fingerprint density at radius 1 is 1.21 bits per heavy atom. The van der Waals surface area contributed by atoms with Gasteiger partial charge in [0.25, 0.3) is 0 Å². The Hall–Kier alpha value is -1.40. The predicted molar refractivity (Wildman–Crippen MR) is 73.0 cm³/mol. The van der Waals surface area contributed by atoms with Gasteiger partial charge in [-0.15, -0.1) is 0 Å². The van der Waals surface area contributed by atoms with Crippen molar-refractivity contribution in [3.63, 3.8) is 0 Å². The molecule has 0 radical (unpaired) electrons. The van der Waals surface area contributed by atoms with Gasteiger partial charge in [0.05, 0.1) is 10.6 Å². The van der Waals surface area contributed by atoms with E-state index in [0.717, 1.165) is 5.56 Å². The first kappa shape index (κ1) is 15.7. The zero-order valence-corrected chi connectivity index (χ0v) is 12.0. The molecule has 1 aromatic carbocycles. The van der Waals surface area contributed by atoms with Crippen molar-refractivity contribution in [3.05, 3.63) is 29.8 Å². The summed E-state index contributed by atoms with van der Waals surface area (Å²) in [4.78, 5) is 12.6. The van der Waals surface area contributed by atoms with E-state index in [1.807, 2.05) is 19.0 Å². The van der Waals surface area contributed by atoms with Crippen LogP contribution in [0.2, 0.25) is 0 Å². The molecular formula is C13H19NO4S. The second-order valence-corrected chi connectivity index (χ2v) is 6.77. The minimum Gasteiger partial charge on any atom is -0.481 e. The normalized spacial score (nSPS) is 11.7. The monoisotopic (exact) mass is 285 g/mol. The molecule has 5 nitrogen and oxygen atoms in total. The molecule has 106 valence electrons. The summed E-state index contributed by atoms with van der Waals surface area (Å²) in [7, 11) is 0.386. The third-order valence-corrected chi connectivity index (χ3v) is 4.43. The van der Waals surface area contributed by atoms with Crippen LogP contribution in [-0.2, 0) is 21.1 Å². The fourth-order valence-electron chi connectivity index (χ4n) is 1.54. The van der Waals surface area contributed by atoms with Crippen LogP contribution < -0.4 is 0 Å². The Balaban J connectivity index is 2.72. The van der Waals surface area contributed by atoms with Crippen LogP contribution in [0.15, 0.2) is 29.2 Å². The lowest BCUT2D eigenvalue weighted by Gasteiger charge is -2.10. The highest BCUT2D eigenvalue weighted by atomic mass is 32.2. The van der Waals surface area contributed by atoms with Crippen molar-refractivity contribution in [1.82, 2.24) is 4.90 Å². The standard InChI is InChI=1S/C13H19NO4S/c1-14(2)9-10-19(17,18)12-6-3-11(4-7-12)5-8-13(15)16/h3-4,6-7H,5,8-10H2,1-2H3,(H,15,16). The maximum absolute atomic E-state index is 12.0. The summed E-state index contributed by atoms with van der Waals surface area (Å²) >= 11 is 0. The zero-order valence-electron chi connectivity index (χ0n) is 11.2. The van der Waals surface area contributed by atoms with E-state index in [4.69, 9.17) is 5.11 Å². The summed E-state index contributed by atoms with van der Waals surface area (Å²) in [6, 6.07) is 6.43. The van der Waals surface area contributed by atoms with E-state index in [1.54, 1.807) is 24.3 Å². The average molecular weight is 285 g/mol. The van der Waals surface area contributed by atoms with Gasteiger partial charge in [0, 0.05) is 13.0 Å². The van der Waals surface area contributed by atoms with E-state index in [1.165, 1.54) is 0 Å². The van der Waals surface area contributed by atoms with Crippen LogP contribution >= 0.6 is 0 Å². The van der Waals surface area contributed by atoms with Crippen LogP contribution in [0.1, 0.15) is 12.0 Å². The van der Waals surface area contributed by atoms with Gasteiger partial charge in [-0.1, -0.05) is 12.1 Å². The van der Waals surface area contributed by atoms with Crippen LogP contribution in [0.3, 0.4) is 0 Å². The molecule has 0 aromatic heterocycles. The third-order valence-electron chi connectivity index (χ3n) is 2.72. The molecule has 19 heavy (non-hydrogen) atoms. The van der Waals surface area contributed by atoms with Gasteiger partial charge in [-0.2, -0.15) is 0 Å². The maximum atomic E-state index is 12.0. The summed E-state index contributed by atoms with van der Waals surface area (Å²) in [6.45, 7) is 0.475. The molecular weight excluding hydrogens is 266 g/mol. The van der Waals surface area contributed by atoms with Gasteiger partial charge in [-0.25, -0.2) is 8.42 Å². The number of rotatable bonds is 7. The molecule has 0 saturated heterocycles. The fraction of sp³-hybridized carbons (Fsp3) is 0.462. The van der Waals surface area contributed by atoms with Gasteiger partial charge in [0.15, 0.2) is 9.84 Å². The first-order valence-electron chi connectivity index (χ1n) is 5.99. The summed E-state index contributed by atoms with van der Waals surface area (Å²) in [6.07, 6.45) is 0.458. The number of benzene rings is 1. The molecule has 0 aliphatic carbocycles. The lowest BCUT2D eigenvalue weighted by molar-refractivity contribution is -0.136. The number of nitrogens with zero attached hydrogens (tertiary/aromatic N) is 1. The molecule has 0 atom stereocenters. The fourth-order valence-corrected chi connectivity index (χ4v) is 2.93. The van der Waals surface area contributed by atoms with Gasteiger partial charge in [0.2, 0.25) is 0 Å². The van der Waals surface area contributed by atoms with Crippen molar-refractivity contribution in [2.75, 3.05) is 26.4 Å². The van der Waals surface area contributed by atoms with Gasteiger partial charge < -0.3 is 10.0 Å². The summed E-state index contributed by atoms with van der Waals surface area (Å²) < 4.78 is 24.0. The molecule has 0 heterocycles. The maximum Gasteiger partial charge on any atom is 0.303 e. The predicted octanol–water partition coefficient (Wildman–Crippen LogP) is 1.04. The van der Waals surface area contributed by atoms with Crippen molar-refractivity contribution >= 4 is 15.8 Å². The van der Waals surface area contributed by atoms with Crippen molar-refractivity contribution in [3.8, 4) is 0 Å². The van der Waals surface area contributed by atoms with E-state index < -0.39 is 15.8 Å². The quantitative estimate of drug-likeness (QED) is 0.810. The summed E-state index contributed by atoms with van der Waals surface area (Å²) in [5.74, 6) is -0.781. The second kappa shape index (κ2) is 6.68. The Bertz CT molecular complexity index is 520. The number of sulfone groups is 1. The SMILES string of the molecule is CN(C)CCS(=O)(=O)c1ccc(CCC(=O)O)cc1. The van der Waals surface area contributed by atoms with Crippen LogP contribution in [0.4, 0.5) is 0 Å². The van der Waals surface area contributed by atoms with E-state index in [9.17, 15) is 13.2 Å². The van der Waals surface area contributed by atoms with Gasteiger partial charge in [-0.05, 0) is 38.2 Å². The van der Waals surface area contributed by atoms with E-state index >= 15 is 0 Å². The molecule has 1 rings (SSSR count). The van der Waals surface area contributed by atoms with Crippen LogP contribution in [-0.4, -0.2) is 50.8 Å². The second-order valence-electron chi connectivity index (χ2n) is 4.66. The van der Waals surface area contributed by atoms with Crippen molar-refractivity contribution in [1.29, 1.82) is 0 Å². The first-order valence-corrected chi connectivity index (χ1v) is 7.65. The number of carboxylic acids is 1. The van der Waals surface area contributed by atoms with Gasteiger partial charge in [0.1, 0.15) is 0 Å². The van der Waals surface area contributed by atoms with Crippen molar-refractivity contribution in [2.24, 2.45) is 0 Å². The number of carbonyl (C=O) groups is 1. The molecule has 0 bridgehead atoms. The molecule has 6 heteroatoms. The Labute approximate surface area is 113 Å². The van der Waals surface area contributed by atoms with Crippen LogP contribution in [0.25, 0.3) is 0 Å². The highest BCUT2D eigenvalue weighted by Crippen LogP contribution is 2.13. The number of aliphatic carboxylic acids is 1. The molecule has 0 fully saturated rings. The average Bonchev–Trinajstić information content (AvgIpc) is 2.34. The lowest BCUT2D eigenvalue weighted by Crippen LogP contribution is -2.21. The van der Waals surface area contributed by atoms with E-state index in [-0.39, 0.29) is 17.1 Å². The molecule has 0 spiro atoms. The third kappa shape index (κ3) is 5.40. The highest BCUT2D eigenvalue weighted by molar-refractivity contribution is 7.91. The zero-order chi connectivity index (χ0) is 14.5. The first-order chi connectivity index (χ1) is 8.81. The highest BCUT2D eigenvalue weighted by Gasteiger charge is 2.14. The molecule has 0 amide bonds. The Morgan fingerprint density at radius 2 is 1.79 bits per heavy atom. The molecule has 0 saturated carbocycles. The number of aryl methyl sites for hydroxylation is 1. The van der Waals surface area contributed by atoms with Gasteiger partial charge in [-0.3, -0.25) is 4.79 Å². The van der Waals surface area contributed by atoms with E-state index in [2.05, 4.69) is 0 Å². The summed E-state index contributed by atoms with van der Waals surface area (Å²) in [5, 5.41) is 8.58.